The Balaban J connectivity index is 2.46. The van der Waals surface area contributed by atoms with E-state index in [4.69, 9.17) is 5.11 Å². The van der Waals surface area contributed by atoms with Crippen molar-refractivity contribution in [2.45, 2.75) is 6.92 Å². The van der Waals surface area contributed by atoms with Crippen molar-refractivity contribution in [3.63, 3.8) is 0 Å². The van der Waals surface area contributed by atoms with E-state index >= 15 is 0 Å². The zero-order valence-corrected chi connectivity index (χ0v) is 8.71. The second-order valence-corrected chi connectivity index (χ2v) is 3.38. The molecule has 0 aromatic carbocycles. The number of rotatable bonds is 2. The Morgan fingerprint density at radius 3 is 2.69 bits per heavy atom. The van der Waals surface area contributed by atoms with Gasteiger partial charge in [-0.1, -0.05) is 0 Å². The molecule has 0 bridgehead atoms. The van der Waals surface area contributed by atoms with Gasteiger partial charge in [-0.05, 0) is 31.2 Å². The SMILES string of the molecule is Cc1nc(-c2cccnc2)ccc1C(=O)O. The van der Waals surface area contributed by atoms with Crippen molar-refractivity contribution in [1.29, 1.82) is 0 Å². The maximum atomic E-state index is 10.8. The van der Waals surface area contributed by atoms with Crippen LogP contribution in [0.25, 0.3) is 11.3 Å². The average Bonchev–Trinajstić information content (AvgIpc) is 2.29. The van der Waals surface area contributed by atoms with Crippen molar-refractivity contribution in [3.8, 4) is 11.3 Å². The van der Waals surface area contributed by atoms with Gasteiger partial charge in [0.2, 0.25) is 0 Å². The molecule has 80 valence electrons. The molecule has 4 nitrogen and oxygen atoms in total. The van der Waals surface area contributed by atoms with Crippen LogP contribution in [0.1, 0.15) is 16.1 Å². The molecule has 0 aliphatic heterocycles. The summed E-state index contributed by atoms with van der Waals surface area (Å²) in [6, 6.07) is 6.95. The molecule has 2 aromatic rings. The average molecular weight is 214 g/mol. The van der Waals surface area contributed by atoms with E-state index in [0.29, 0.717) is 5.69 Å². The molecule has 4 heteroatoms. The third-order valence-electron chi connectivity index (χ3n) is 2.27. The van der Waals surface area contributed by atoms with Crippen molar-refractivity contribution in [3.05, 3.63) is 47.9 Å². The minimum absolute atomic E-state index is 0.229. The van der Waals surface area contributed by atoms with Crippen LogP contribution in [0.15, 0.2) is 36.7 Å². The van der Waals surface area contributed by atoms with Gasteiger partial charge in [-0.3, -0.25) is 9.97 Å². The maximum absolute atomic E-state index is 10.8. The van der Waals surface area contributed by atoms with Gasteiger partial charge in [-0.25, -0.2) is 4.79 Å². The lowest BCUT2D eigenvalue weighted by molar-refractivity contribution is 0.0695. The molecule has 0 aliphatic carbocycles. The van der Waals surface area contributed by atoms with E-state index in [1.54, 1.807) is 31.5 Å². The van der Waals surface area contributed by atoms with Crippen LogP contribution in [0.4, 0.5) is 0 Å². The molecule has 2 rings (SSSR count). The van der Waals surface area contributed by atoms with Crippen LogP contribution in [0.5, 0.6) is 0 Å². The molecule has 0 amide bonds. The van der Waals surface area contributed by atoms with Gasteiger partial charge in [0, 0.05) is 18.0 Å². The predicted octanol–water partition coefficient (Wildman–Crippen LogP) is 2.15. The summed E-state index contributed by atoms with van der Waals surface area (Å²) in [5.74, 6) is -0.956. The number of carbonyl (C=O) groups is 1. The summed E-state index contributed by atoms with van der Waals surface area (Å²) in [7, 11) is 0. The number of hydrogen-bond donors (Lipinski definition) is 1. The highest BCUT2D eigenvalue weighted by atomic mass is 16.4. The minimum Gasteiger partial charge on any atom is -0.478 e. The van der Waals surface area contributed by atoms with E-state index < -0.39 is 5.97 Å². The van der Waals surface area contributed by atoms with E-state index in [1.165, 1.54) is 0 Å². The smallest absolute Gasteiger partial charge is 0.337 e. The molecule has 0 saturated heterocycles. The second kappa shape index (κ2) is 4.10. The standard InChI is InChI=1S/C12H10N2O2/c1-8-10(12(15)16)4-5-11(14-8)9-3-2-6-13-7-9/h2-7H,1H3,(H,15,16). The fourth-order valence-corrected chi connectivity index (χ4v) is 1.46. The zero-order chi connectivity index (χ0) is 11.5. The normalized spacial score (nSPS) is 10.1. The van der Waals surface area contributed by atoms with Gasteiger partial charge in [-0.15, -0.1) is 0 Å². The highest BCUT2D eigenvalue weighted by molar-refractivity contribution is 5.89. The van der Waals surface area contributed by atoms with Crippen molar-refractivity contribution in [1.82, 2.24) is 9.97 Å². The first-order valence-electron chi connectivity index (χ1n) is 4.80. The molecular weight excluding hydrogens is 204 g/mol. The predicted molar refractivity (Wildman–Crippen MR) is 59.2 cm³/mol. The molecule has 2 heterocycles. The summed E-state index contributed by atoms with van der Waals surface area (Å²) in [5.41, 5.74) is 2.35. The van der Waals surface area contributed by atoms with Crippen molar-refractivity contribution in [2.75, 3.05) is 0 Å². The van der Waals surface area contributed by atoms with Crippen molar-refractivity contribution in [2.24, 2.45) is 0 Å². The minimum atomic E-state index is -0.956. The van der Waals surface area contributed by atoms with Crippen LogP contribution in [0, 0.1) is 6.92 Å². The Morgan fingerprint density at radius 1 is 1.31 bits per heavy atom. The number of aromatic carboxylic acids is 1. The van der Waals surface area contributed by atoms with Gasteiger partial charge >= 0.3 is 5.97 Å². The molecule has 0 aliphatic rings. The van der Waals surface area contributed by atoms with E-state index in [0.717, 1.165) is 11.3 Å². The number of hydrogen-bond acceptors (Lipinski definition) is 3. The molecule has 0 fully saturated rings. The lowest BCUT2D eigenvalue weighted by Gasteiger charge is -2.03. The van der Waals surface area contributed by atoms with Crippen LogP contribution < -0.4 is 0 Å². The molecule has 2 aromatic heterocycles. The van der Waals surface area contributed by atoms with Gasteiger partial charge < -0.3 is 5.11 Å². The molecule has 0 spiro atoms. The van der Waals surface area contributed by atoms with Crippen LogP contribution in [-0.4, -0.2) is 21.0 Å². The van der Waals surface area contributed by atoms with Crippen LogP contribution in [0.3, 0.4) is 0 Å². The maximum Gasteiger partial charge on any atom is 0.337 e. The Bertz CT molecular complexity index is 524. The first-order valence-corrected chi connectivity index (χ1v) is 4.80. The number of pyridine rings is 2. The summed E-state index contributed by atoms with van der Waals surface area (Å²) in [4.78, 5) is 19.1. The van der Waals surface area contributed by atoms with Crippen LogP contribution in [-0.2, 0) is 0 Å². The number of carboxylic acids is 1. The summed E-state index contributed by atoms with van der Waals surface area (Å²) in [5, 5.41) is 8.87. The second-order valence-electron chi connectivity index (χ2n) is 3.38. The van der Waals surface area contributed by atoms with Crippen molar-refractivity contribution >= 4 is 5.97 Å². The van der Waals surface area contributed by atoms with Crippen molar-refractivity contribution < 1.29 is 9.90 Å². The molecule has 0 radical (unpaired) electrons. The number of aromatic nitrogens is 2. The summed E-state index contributed by atoms with van der Waals surface area (Å²) >= 11 is 0. The Morgan fingerprint density at radius 2 is 2.12 bits per heavy atom. The van der Waals surface area contributed by atoms with Gasteiger partial charge in [0.1, 0.15) is 0 Å². The van der Waals surface area contributed by atoms with E-state index in [2.05, 4.69) is 9.97 Å². The molecule has 0 saturated carbocycles. The molecule has 16 heavy (non-hydrogen) atoms. The third-order valence-corrected chi connectivity index (χ3v) is 2.27. The first-order chi connectivity index (χ1) is 7.68. The fraction of sp³-hybridized carbons (Fsp3) is 0.0833. The first kappa shape index (κ1) is 10.3. The monoisotopic (exact) mass is 214 g/mol. The van der Waals surface area contributed by atoms with Gasteiger partial charge in [0.05, 0.1) is 17.0 Å². The summed E-state index contributed by atoms with van der Waals surface area (Å²) < 4.78 is 0. The van der Waals surface area contributed by atoms with E-state index in [1.807, 2.05) is 12.1 Å². The van der Waals surface area contributed by atoms with E-state index in [-0.39, 0.29) is 5.56 Å². The summed E-state index contributed by atoms with van der Waals surface area (Å²) in [6.45, 7) is 1.68. The van der Waals surface area contributed by atoms with Gasteiger partial charge in [0.15, 0.2) is 0 Å². The fourth-order valence-electron chi connectivity index (χ4n) is 1.46. The molecular formula is C12H10N2O2. The van der Waals surface area contributed by atoms with Crippen LogP contribution in [0.2, 0.25) is 0 Å². The molecule has 0 atom stereocenters. The Kier molecular flexibility index (Phi) is 2.64. The number of aryl methyl sites for hydroxylation is 1. The molecule has 0 unspecified atom stereocenters. The highest BCUT2D eigenvalue weighted by Gasteiger charge is 2.09. The van der Waals surface area contributed by atoms with Crippen LogP contribution >= 0.6 is 0 Å². The molecule has 1 N–H and O–H groups in total. The van der Waals surface area contributed by atoms with Gasteiger partial charge in [0.25, 0.3) is 0 Å². The lowest BCUT2D eigenvalue weighted by Crippen LogP contribution is -2.02. The lowest BCUT2D eigenvalue weighted by atomic mass is 10.1. The largest absolute Gasteiger partial charge is 0.478 e. The number of carboxylic acid groups (broad SMARTS) is 1. The summed E-state index contributed by atoms with van der Waals surface area (Å²) in [6.07, 6.45) is 3.38. The Hall–Kier alpha value is -2.23. The number of nitrogens with zero attached hydrogens (tertiary/aromatic N) is 2. The Labute approximate surface area is 92.6 Å². The topological polar surface area (TPSA) is 63.1 Å². The third kappa shape index (κ3) is 1.91. The van der Waals surface area contributed by atoms with E-state index in [9.17, 15) is 4.79 Å². The van der Waals surface area contributed by atoms with Gasteiger partial charge in [-0.2, -0.15) is 0 Å². The zero-order valence-electron chi connectivity index (χ0n) is 8.71. The quantitative estimate of drug-likeness (QED) is 0.831. The highest BCUT2D eigenvalue weighted by Crippen LogP contribution is 2.17.